The zero-order chi connectivity index (χ0) is 36.7. The Balaban J connectivity index is 1.46. The Hall–Kier alpha value is -6.64. The maximum Gasteiger partial charge on any atom is 0.445 e. The van der Waals surface area contributed by atoms with Crippen molar-refractivity contribution in [3.8, 4) is 5.69 Å². The number of hydrogen-bond donors (Lipinski definition) is 0. The molecular weight excluding hydrogens is 679 g/mol. The second-order valence-corrected chi connectivity index (χ2v) is 11.5. The number of oxime groups is 2. The van der Waals surface area contributed by atoms with Crippen LogP contribution in [0.25, 0.3) is 16.6 Å². The fraction of sp³-hybridized carbons (Fsp3) is 0.162. The van der Waals surface area contributed by atoms with Gasteiger partial charge in [0.1, 0.15) is 12.7 Å². The van der Waals surface area contributed by atoms with Gasteiger partial charge in [0.15, 0.2) is 11.5 Å². The molecule has 0 N–H and O–H groups in total. The molecule has 0 saturated carbocycles. The highest BCUT2D eigenvalue weighted by Gasteiger charge is 2.38. The highest BCUT2D eigenvalue weighted by atomic mass is 19.4. The van der Waals surface area contributed by atoms with E-state index in [0.29, 0.717) is 51.8 Å². The van der Waals surface area contributed by atoms with Crippen molar-refractivity contribution in [2.75, 3.05) is 0 Å². The average Bonchev–Trinajstić information content (AvgIpc) is 3.95. The molecule has 52 heavy (non-hydrogen) atoms. The summed E-state index contributed by atoms with van der Waals surface area (Å²) in [5, 5.41) is 7.72. The molecule has 0 amide bonds. The van der Waals surface area contributed by atoms with E-state index in [1.165, 1.54) is 49.3 Å². The van der Waals surface area contributed by atoms with Crippen molar-refractivity contribution in [2.45, 2.75) is 38.8 Å². The molecule has 0 unspecified atom stereocenters. The number of hydrogen-bond acceptors (Lipinski definition) is 9. The van der Waals surface area contributed by atoms with Crippen LogP contribution in [0, 0.1) is 0 Å². The Bertz CT molecular complexity index is 2240. The summed E-state index contributed by atoms with van der Waals surface area (Å²) in [6.45, 7) is 2.01. The highest BCUT2D eigenvalue weighted by molar-refractivity contribution is 6.14. The van der Waals surface area contributed by atoms with Gasteiger partial charge in [-0.3, -0.25) is 14.5 Å². The van der Waals surface area contributed by atoms with Gasteiger partial charge in [-0.1, -0.05) is 66.5 Å². The molecule has 0 fully saturated rings. The molecule has 0 saturated heterocycles. The molecular formula is C37H30F3N7O5. The lowest BCUT2D eigenvalue weighted by molar-refractivity contribution is -0.0602. The molecule has 15 heteroatoms. The summed E-state index contributed by atoms with van der Waals surface area (Å²) in [5.41, 5.74) is 0.859. The minimum atomic E-state index is -5.02. The van der Waals surface area contributed by atoms with E-state index >= 15 is 0 Å². The molecule has 0 bridgehead atoms. The number of aromatic nitrogens is 5. The van der Waals surface area contributed by atoms with E-state index in [0.717, 1.165) is 28.3 Å². The van der Waals surface area contributed by atoms with E-state index < -0.39 is 29.6 Å². The van der Waals surface area contributed by atoms with Crippen LogP contribution in [0.5, 0.6) is 0 Å². The highest BCUT2D eigenvalue weighted by Crippen LogP contribution is 2.31. The molecule has 12 nitrogen and oxygen atoms in total. The van der Waals surface area contributed by atoms with Gasteiger partial charge in [-0.05, 0) is 49.2 Å². The molecule has 3 heterocycles. The van der Waals surface area contributed by atoms with Crippen molar-refractivity contribution in [3.05, 3.63) is 139 Å². The van der Waals surface area contributed by atoms with Crippen molar-refractivity contribution < 1.29 is 37.2 Å². The number of carbonyl (C=O) groups is 3. The lowest BCUT2D eigenvalue weighted by Gasteiger charge is -2.12. The van der Waals surface area contributed by atoms with Crippen molar-refractivity contribution in [1.29, 1.82) is 0 Å². The smallest absolute Gasteiger partial charge is 0.316 e. The summed E-state index contributed by atoms with van der Waals surface area (Å²) < 4.78 is 47.0. The van der Waals surface area contributed by atoms with Crippen molar-refractivity contribution in [1.82, 2.24) is 23.7 Å². The van der Waals surface area contributed by atoms with Crippen LogP contribution in [0.2, 0.25) is 0 Å². The summed E-state index contributed by atoms with van der Waals surface area (Å²) in [6.07, 6.45) is 4.83. The average molecular weight is 710 g/mol. The zero-order valence-electron chi connectivity index (χ0n) is 27.6. The summed E-state index contributed by atoms with van der Waals surface area (Å²) in [5.74, 6) is -0.174. The first-order valence-corrected chi connectivity index (χ1v) is 16.1. The van der Waals surface area contributed by atoms with Gasteiger partial charge >= 0.3 is 18.4 Å². The second-order valence-electron chi connectivity index (χ2n) is 11.5. The Kier molecular flexibility index (Phi) is 10.5. The summed E-state index contributed by atoms with van der Waals surface area (Å²) in [7, 11) is 0. The van der Waals surface area contributed by atoms with Crippen molar-refractivity contribution in [2.24, 2.45) is 10.3 Å². The monoisotopic (exact) mass is 709 g/mol. The topological polar surface area (TPSA) is 135 Å². The molecule has 3 aromatic heterocycles. The Morgan fingerprint density at radius 3 is 1.98 bits per heavy atom. The van der Waals surface area contributed by atoms with Gasteiger partial charge < -0.3 is 4.57 Å². The van der Waals surface area contributed by atoms with Gasteiger partial charge in [-0.15, -0.1) is 0 Å². The van der Waals surface area contributed by atoms with Gasteiger partial charge in [-0.2, -0.15) is 13.2 Å². The maximum atomic E-state index is 14.4. The van der Waals surface area contributed by atoms with Gasteiger partial charge in [-0.25, -0.2) is 28.7 Å². The lowest BCUT2D eigenvalue weighted by atomic mass is 10.0. The number of halogens is 3. The van der Waals surface area contributed by atoms with Crippen molar-refractivity contribution in [3.63, 3.8) is 0 Å². The van der Waals surface area contributed by atoms with Crippen LogP contribution in [0.4, 0.5) is 22.8 Å². The number of alkyl halides is 3. The first-order chi connectivity index (χ1) is 25.1. The van der Waals surface area contributed by atoms with Crippen LogP contribution in [-0.2, 0) is 9.68 Å². The minimum Gasteiger partial charge on any atom is -0.316 e. The number of nitrogens with zero attached hydrogens (tertiary/aromatic N) is 7. The normalized spacial score (nSPS) is 12.2. The minimum absolute atomic E-state index is 0.174. The number of fused-ring (bicyclic) bond motifs is 1. The summed E-state index contributed by atoms with van der Waals surface area (Å²) in [4.78, 5) is 55.5. The molecule has 6 rings (SSSR count). The lowest BCUT2D eigenvalue weighted by Crippen LogP contribution is -2.25. The molecule has 264 valence electrons. The SMILES string of the molecule is CCCCC/C(=N\OC(=O)n1ccnc1)c1cn(-c2ccc(C(=O)c3ccccc3)cc2)c2ccc(/C(=N/OC(=O)n3ccnc3)C(F)(F)F)cc12. The number of carbonyl (C=O) groups excluding carboxylic acids is 3. The standard InChI is InChI=1S/C37H30F3N7O5/c1-2-3-5-10-31(43-51-35(49)45-19-17-41-23-45)30-22-47(28-14-11-26(12-15-28)33(48)25-8-6-4-7-9-25)32-16-13-27(21-29(30)32)34(37(38,39)40)44-52-36(50)46-20-18-42-24-46/h4,6-9,11-24H,2-3,5,10H2,1H3/b43-31+,44-34-. The molecule has 0 spiro atoms. The first kappa shape index (κ1) is 35.2. The first-order valence-electron chi connectivity index (χ1n) is 16.1. The van der Waals surface area contributed by atoms with E-state index in [-0.39, 0.29) is 5.78 Å². The van der Waals surface area contributed by atoms with Crippen LogP contribution in [-0.4, -0.2) is 59.2 Å². The summed E-state index contributed by atoms with van der Waals surface area (Å²) >= 11 is 0. The Morgan fingerprint density at radius 2 is 1.38 bits per heavy atom. The molecule has 0 aliphatic carbocycles. The Labute approximate surface area is 294 Å². The third-order valence-electron chi connectivity index (χ3n) is 8.00. The predicted octanol–water partition coefficient (Wildman–Crippen LogP) is 8.18. The molecule has 0 aliphatic heterocycles. The van der Waals surface area contributed by atoms with Crippen LogP contribution in [0.1, 0.15) is 59.7 Å². The maximum absolute atomic E-state index is 14.4. The third kappa shape index (κ3) is 7.88. The van der Waals surface area contributed by atoms with E-state index in [1.54, 1.807) is 59.3 Å². The zero-order valence-corrected chi connectivity index (χ0v) is 27.6. The van der Waals surface area contributed by atoms with E-state index in [4.69, 9.17) is 4.84 Å². The number of imidazole rings is 2. The molecule has 0 atom stereocenters. The Morgan fingerprint density at radius 1 is 0.769 bits per heavy atom. The largest absolute Gasteiger partial charge is 0.445 e. The predicted molar refractivity (Wildman–Crippen MR) is 185 cm³/mol. The van der Waals surface area contributed by atoms with Crippen molar-refractivity contribution >= 4 is 40.3 Å². The third-order valence-corrected chi connectivity index (χ3v) is 8.00. The number of unbranched alkanes of at least 4 members (excludes halogenated alkanes) is 2. The fourth-order valence-electron chi connectivity index (χ4n) is 5.40. The number of benzene rings is 3. The van der Waals surface area contributed by atoms with E-state index in [2.05, 4.69) is 25.1 Å². The van der Waals surface area contributed by atoms with Crippen LogP contribution in [0.3, 0.4) is 0 Å². The van der Waals surface area contributed by atoms with E-state index in [9.17, 15) is 27.6 Å². The second kappa shape index (κ2) is 15.5. The van der Waals surface area contributed by atoms with Gasteiger partial charge in [0, 0.05) is 64.3 Å². The van der Waals surface area contributed by atoms with Crippen LogP contribution < -0.4 is 0 Å². The van der Waals surface area contributed by atoms with Gasteiger partial charge in [0.25, 0.3) is 0 Å². The quantitative estimate of drug-likeness (QED) is 0.0435. The molecule has 0 radical (unpaired) electrons. The van der Waals surface area contributed by atoms with Gasteiger partial charge in [0.2, 0.25) is 0 Å². The van der Waals surface area contributed by atoms with Crippen LogP contribution in [0.15, 0.2) is 127 Å². The fourth-order valence-corrected chi connectivity index (χ4v) is 5.40. The molecule has 3 aromatic carbocycles. The van der Waals surface area contributed by atoms with Gasteiger partial charge in [0.05, 0.1) is 11.2 Å². The number of ketones is 1. The summed E-state index contributed by atoms with van der Waals surface area (Å²) in [6, 6.07) is 19.5. The molecule has 6 aromatic rings. The number of rotatable bonds is 11. The van der Waals surface area contributed by atoms with Crippen LogP contribution >= 0.6 is 0 Å². The molecule has 0 aliphatic rings. The van der Waals surface area contributed by atoms with E-state index in [1.807, 2.05) is 13.0 Å².